The van der Waals surface area contributed by atoms with Crippen molar-refractivity contribution in [2.45, 2.75) is 6.92 Å². The molecule has 1 aromatic carbocycles. The highest BCUT2D eigenvalue weighted by molar-refractivity contribution is 8.18. The number of carbonyl (C=O) groups is 4. The van der Waals surface area contributed by atoms with Crippen LogP contribution in [0, 0.1) is 0 Å². The minimum Gasteiger partial charge on any atom is -0.545 e. The van der Waals surface area contributed by atoms with E-state index in [1.165, 1.54) is 30.3 Å². The van der Waals surface area contributed by atoms with E-state index in [2.05, 4.69) is 0 Å². The van der Waals surface area contributed by atoms with E-state index in [0.717, 1.165) is 4.90 Å². The van der Waals surface area contributed by atoms with Gasteiger partial charge in [0.1, 0.15) is 6.54 Å². The zero-order chi connectivity index (χ0) is 17.0. The molecule has 2 rings (SSSR count). The highest BCUT2D eigenvalue weighted by atomic mass is 32.2. The Kier molecular flexibility index (Phi) is 5.17. The van der Waals surface area contributed by atoms with E-state index in [4.69, 9.17) is 4.74 Å². The van der Waals surface area contributed by atoms with Crippen molar-refractivity contribution >= 4 is 40.9 Å². The number of carboxylic acids is 1. The quantitative estimate of drug-likeness (QED) is 0.575. The zero-order valence-electron chi connectivity index (χ0n) is 12.1. The third kappa shape index (κ3) is 3.98. The number of carboxylic acid groups (broad SMARTS) is 1. The summed E-state index contributed by atoms with van der Waals surface area (Å²) in [5, 5.41) is 10.1. The van der Waals surface area contributed by atoms with Crippen LogP contribution in [0.4, 0.5) is 4.79 Å². The molecule has 0 atom stereocenters. The number of esters is 1. The summed E-state index contributed by atoms with van der Waals surface area (Å²) >= 11 is 0.709. The third-order valence-electron chi connectivity index (χ3n) is 2.91. The van der Waals surface area contributed by atoms with Crippen molar-refractivity contribution in [3.63, 3.8) is 0 Å². The molecule has 0 spiro atoms. The van der Waals surface area contributed by atoms with Crippen LogP contribution in [0.1, 0.15) is 22.8 Å². The second kappa shape index (κ2) is 7.10. The fraction of sp³-hybridized carbons (Fsp3) is 0.200. The maximum atomic E-state index is 12.1. The summed E-state index contributed by atoms with van der Waals surface area (Å²) < 4.78 is 4.71. The molecule has 1 fully saturated rings. The lowest BCUT2D eigenvalue weighted by Gasteiger charge is -2.10. The molecule has 7 nitrogen and oxygen atoms in total. The maximum absolute atomic E-state index is 12.1. The number of benzene rings is 1. The molecule has 1 aliphatic heterocycles. The fourth-order valence-corrected chi connectivity index (χ4v) is 2.68. The van der Waals surface area contributed by atoms with E-state index >= 15 is 0 Å². The Morgan fingerprint density at radius 3 is 2.48 bits per heavy atom. The van der Waals surface area contributed by atoms with Crippen molar-refractivity contribution in [3.05, 3.63) is 40.3 Å². The minimum absolute atomic E-state index is 0.0116. The Morgan fingerprint density at radius 2 is 1.91 bits per heavy atom. The first-order chi connectivity index (χ1) is 10.9. The summed E-state index contributed by atoms with van der Waals surface area (Å²) in [7, 11) is 0. The number of nitrogens with zero attached hydrogens (tertiary/aromatic N) is 1. The van der Waals surface area contributed by atoms with Gasteiger partial charge in [-0.25, -0.2) is 0 Å². The van der Waals surface area contributed by atoms with Crippen molar-refractivity contribution < 1.29 is 29.0 Å². The van der Waals surface area contributed by atoms with Gasteiger partial charge in [-0.3, -0.25) is 19.3 Å². The Balaban J connectivity index is 2.14. The smallest absolute Gasteiger partial charge is 0.326 e. The molecular formula is C15H12NO6S-. The molecule has 1 aliphatic rings. The zero-order valence-corrected chi connectivity index (χ0v) is 12.9. The Morgan fingerprint density at radius 1 is 1.26 bits per heavy atom. The Hall–Kier alpha value is -2.61. The molecule has 0 unspecified atom stereocenters. The number of thioether (sulfide) groups is 1. The molecule has 23 heavy (non-hydrogen) atoms. The van der Waals surface area contributed by atoms with Crippen LogP contribution in [0.5, 0.6) is 0 Å². The number of hydrogen-bond acceptors (Lipinski definition) is 7. The molecule has 120 valence electrons. The van der Waals surface area contributed by atoms with Crippen LogP contribution >= 0.6 is 11.8 Å². The average Bonchev–Trinajstić information content (AvgIpc) is 2.76. The van der Waals surface area contributed by atoms with Crippen LogP contribution in [0.2, 0.25) is 0 Å². The molecule has 0 N–H and O–H groups in total. The molecule has 0 radical (unpaired) electrons. The minimum atomic E-state index is -1.30. The van der Waals surface area contributed by atoms with Gasteiger partial charge >= 0.3 is 5.97 Å². The molecule has 1 aromatic rings. The average molecular weight is 334 g/mol. The van der Waals surface area contributed by atoms with E-state index < -0.39 is 29.6 Å². The van der Waals surface area contributed by atoms with Gasteiger partial charge in [0.15, 0.2) is 0 Å². The maximum Gasteiger partial charge on any atom is 0.326 e. The van der Waals surface area contributed by atoms with Crippen molar-refractivity contribution in [1.29, 1.82) is 0 Å². The topological polar surface area (TPSA) is 104 Å². The van der Waals surface area contributed by atoms with Gasteiger partial charge in [0.25, 0.3) is 11.1 Å². The van der Waals surface area contributed by atoms with Crippen molar-refractivity contribution in [1.82, 2.24) is 4.90 Å². The van der Waals surface area contributed by atoms with Gasteiger partial charge < -0.3 is 14.6 Å². The SMILES string of the molecule is CCOC(=O)CN1C(=O)S/C(=C\c2ccc(C(=O)[O-])cc2)C1=O. The summed E-state index contributed by atoms with van der Waals surface area (Å²) in [6.45, 7) is 1.36. The third-order valence-corrected chi connectivity index (χ3v) is 3.82. The number of aromatic carboxylic acids is 1. The van der Waals surface area contributed by atoms with E-state index in [-0.39, 0.29) is 17.1 Å². The van der Waals surface area contributed by atoms with Crippen LogP contribution in [0.3, 0.4) is 0 Å². The van der Waals surface area contributed by atoms with Gasteiger partial charge in [0, 0.05) is 0 Å². The molecule has 8 heteroatoms. The van der Waals surface area contributed by atoms with E-state index in [0.29, 0.717) is 17.3 Å². The van der Waals surface area contributed by atoms with Gasteiger partial charge in [-0.05, 0) is 35.9 Å². The highest BCUT2D eigenvalue weighted by Crippen LogP contribution is 2.32. The highest BCUT2D eigenvalue weighted by Gasteiger charge is 2.36. The van der Waals surface area contributed by atoms with E-state index in [9.17, 15) is 24.3 Å². The first-order valence-electron chi connectivity index (χ1n) is 6.64. The molecule has 0 bridgehead atoms. The van der Waals surface area contributed by atoms with Gasteiger partial charge in [-0.2, -0.15) is 0 Å². The molecule has 0 aromatic heterocycles. The van der Waals surface area contributed by atoms with Gasteiger partial charge in [0.05, 0.1) is 17.5 Å². The lowest BCUT2D eigenvalue weighted by molar-refractivity contribution is -0.255. The standard InChI is InChI=1S/C15H13NO6S/c1-2-22-12(17)8-16-13(18)11(23-15(16)21)7-9-3-5-10(6-4-9)14(19)20/h3-7H,2,8H2,1H3,(H,19,20)/p-1/b11-7-. The number of rotatable bonds is 5. The second-order valence-corrected chi connectivity index (χ2v) is 5.48. The van der Waals surface area contributed by atoms with Crippen molar-refractivity contribution in [2.24, 2.45) is 0 Å². The van der Waals surface area contributed by atoms with Gasteiger partial charge in [-0.1, -0.05) is 24.3 Å². The predicted molar refractivity (Wildman–Crippen MR) is 80.1 cm³/mol. The van der Waals surface area contributed by atoms with Crippen LogP contribution in [0.25, 0.3) is 6.08 Å². The van der Waals surface area contributed by atoms with Crippen molar-refractivity contribution in [2.75, 3.05) is 13.2 Å². The first-order valence-corrected chi connectivity index (χ1v) is 7.46. The number of amides is 2. The largest absolute Gasteiger partial charge is 0.545 e. The molecule has 2 amide bonds. The molecular weight excluding hydrogens is 322 g/mol. The molecule has 1 saturated heterocycles. The molecule has 0 saturated carbocycles. The van der Waals surface area contributed by atoms with E-state index in [1.807, 2.05) is 0 Å². The fourth-order valence-electron chi connectivity index (χ4n) is 1.84. The number of hydrogen-bond donors (Lipinski definition) is 0. The Labute approximate surface area is 135 Å². The van der Waals surface area contributed by atoms with Crippen molar-refractivity contribution in [3.8, 4) is 0 Å². The van der Waals surface area contributed by atoms with Crippen LogP contribution in [-0.4, -0.2) is 41.1 Å². The second-order valence-electron chi connectivity index (χ2n) is 4.48. The summed E-state index contributed by atoms with van der Waals surface area (Å²) in [6.07, 6.45) is 1.45. The Bertz CT molecular complexity index is 694. The number of imide groups is 1. The monoisotopic (exact) mass is 334 g/mol. The summed E-state index contributed by atoms with van der Waals surface area (Å²) in [4.78, 5) is 47.0. The van der Waals surface area contributed by atoms with Crippen LogP contribution < -0.4 is 5.11 Å². The summed E-state index contributed by atoms with van der Waals surface area (Å²) in [5.74, 6) is -2.54. The lowest BCUT2D eigenvalue weighted by Crippen LogP contribution is -2.34. The normalized spacial score (nSPS) is 16.0. The van der Waals surface area contributed by atoms with Gasteiger partial charge in [0.2, 0.25) is 0 Å². The number of ether oxygens (including phenoxy) is 1. The summed E-state index contributed by atoms with van der Waals surface area (Å²) in [6, 6.07) is 5.66. The number of carbonyl (C=O) groups excluding carboxylic acids is 4. The lowest BCUT2D eigenvalue weighted by atomic mass is 10.1. The van der Waals surface area contributed by atoms with Crippen LogP contribution in [-0.2, 0) is 14.3 Å². The molecule has 0 aliphatic carbocycles. The predicted octanol–water partition coefficient (Wildman–Crippen LogP) is 0.650. The summed E-state index contributed by atoms with van der Waals surface area (Å²) in [5.41, 5.74) is 0.564. The van der Waals surface area contributed by atoms with Gasteiger partial charge in [-0.15, -0.1) is 0 Å². The van der Waals surface area contributed by atoms with E-state index in [1.54, 1.807) is 6.92 Å². The first kappa shape index (κ1) is 16.8. The molecule has 1 heterocycles. The van der Waals surface area contributed by atoms with Crippen LogP contribution in [0.15, 0.2) is 29.2 Å².